The Morgan fingerprint density at radius 2 is 2.00 bits per heavy atom. The molecule has 0 atom stereocenters. The Labute approximate surface area is 117 Å². The molecule has 0 spiro atoms. The van der Waals surface area contributed by atoms with Gasteiger partial charge in [-0.25, -0.2) is 4.98 Å². The predicted octanol–water partition coefficient (Wildman–Crippen LogP) is 3.31. The first kappa shape index (κ1) is 14.0. The maximum absolute atomic E-state index is 5.60. The van der Waals surface area contributed by atoms with Crippen molar-refractivity contribution in [2.75, 3.05) is 5.32 Å². The lowest BCUT2D eigenvalue weighted by Gasteiger charge is -2.10. The molecule has 0 aromatic carbocycles. The molecule has 0 fully saturated rings. The minimum absolute atomic E-state index is 0.122. The van der Waals surface area contributed by atoms with Crippen molar-refractivity contribution in [1.29, 1.82) is 0 Å². The standard InChI is InChI=1S/C13H20N4OS/c1-6-9-10(19-8(2)15-9)7-14-12-17-16-11(18-12)13(3,4)5/h6-7H2,1-5H3,(H,14,17). The van der Waals surface area contributed by atoms with Gasteiger partial charge in [-0.15, -0.1) is 16.4 Å². The fourth-order valence-electron chi connectivity index (χ4n) is 1.68. The average molecular weight is 280 g/mol. The molecule has 0 saturated heterocycles. The summed E-state index contributed by atoms with van der Waals surface area (Å²) in [6, 6.07) is 0.470. The van der Waals surface area contributed by atoms with E-state index in [2.05, 4.69) is 27.4 Å². The number of aryl methyl sites for hydroxylation is 2. The molecule has 104 valence electrons. The molecule has 0 bridgehead atoms. The molecule has 0 aliphatic heterocycles. The van der Waals surface area contributed by atoms with E-state index in [4.69, 9.17) is 4.42 Å². The number of hydrogen-bond acceptors (Lipinski definition) is 6. The van der Waals surface area contributed by atoms with Crippen LogP contribution in [0.4, 0.5) is 6.01 Å². The summed E-state index contributed by atoms with van der Waals surface area (Å²) in [5.74, 6) is 0.645. The maximum Gasteiger partial charge on any atom is 0.315 e. The fourth-order valence-corrected chi connectivity index (χ4v) is 2.64. The minimum Gasteiger partial charge on any atom is -0.408 e. The van der Waals surface area contributed by atoms with Crippen molar-refractivity contribution in [2.24, 2.45) is 0 Å². The van der Waals surface area contributed by atoms with E-state index < -0.39 is 0 Å². The maximum atomic E-state index is 5.60. The van der Waals surface area contributed by atoms with Gasteiger partial charge in [0.2, 0.25) is 5.89 Å². The Morgan fingerprint density at radius 3 is 2.58 bits per heavy atom. The van der Waals surface area contributed by atoms with E-state index in [9.17, 15) is 0 Å². The molecule has 0 unspecified atom stereocenters. The van der Waals surface area contributed by atoms with E-state index in [1.165, 1.54) is 4.88 Å². The fraction of sp³-hybridized carbons (Fsp3) is 0.615. The molecule has 0 amide bonds. The Balaban J connectivity index is 2.04. The van der Waals surface area contributed by atoms with Crippen LogP contribution in [0, 0.1) is 6.92 Å². The van der Waals surface area contributed by atoms with Crippen molar-refractivity contribution in [1.82, 2.24) is 15.2 Å². The minimum atomic E-state index is -0.122. The molecule has 2 rings (SSSR count). The van der Waals surface area contributed by atoms with Crippen LogP contribution >= 0.6 is 11.3 Å². The number of anilines is 1. The van der Waals surface area contributed by atoms with Crippen LogP contribution in [0.1, 0.15) is 49.2 Å². The van der Waals surface area contributed by atoms with Crippen molar-refractivity contribution in [2.45, 2.75) is 53.0 Å². The largest absolute Gasteiger partial charge is 0.408 e. The smallest absolute Gasteiger partial charge is 0.315 e. The highest BCUT2D eigenvalue weighted by Gasteiger charge is 2.21. The van der Waals surface area contributed by atoms with Crippen LogP contribution in [0.3, 0.4) is 0 Å². The van der Waals surface area contributed by atoms with Crippen LogP contribution in [0.5, 0.6) is 0 Å². The van der Waals surface area contributed by atoms with Gasteiger partial charge in [-0.3, -0.25) is 0 Å². The average Bonchev–Trinajstić information content (AvgIpc) is 2.91. The molecule has 0 aliphatic carbocycles. The van der Waals surface area contributed by atoms with E-state index >= 15 is 0 Å². The zero-order valence-electron chi connectivity index (χ0n) is 12.1. The van der Waals surface area contributed by atoms with Gasteiger partial charge in [0.1, 0.15) is 0 Å². The second kappa shape index (κ2) is 5.28. The monoisotopic (exact) mass is 280 g/mol. The number of aromatic nitrogens is 3. The molecule has 1 N–H and O–H groups in total. The third kappa shape index (κ3) is 3.32. The number of nitrogens with one attached hydrogen (secondary N) is 1. The predicted molar refractivity (Wildman–Crippen MR) is 76.6 cm³/mol. The summed E-state index contributed by atoms with van der Waals surface area (Å²) in [5.41, 5.74) is 1.02. The summed E-state index contributed by atoms with van der Waals surface area (Å²) in [6.45, 7) is 11.0. The molecular formula is C13H20N4OS. The molecule has 0 aliphatic rings. The number of rotatable bonds is 4. The molecule has 0 saturated carbocycles. The molecule has 2 aromatic rings. The van der Waals surface area contributed by atoms with E-state index in [-0.39, 0.29) is 5.41 Å². The lowest BCUT2D eigenvalue weighted by Crippen LogP contribution is -2.11. The van der Waals surface area contributed by atoms with Crippen molar-refractivity contribution >= 4 is 17.4 Å². The molecule has 0 radical (unpaired) electrons. The first-order valence-corrected chi connectivity index (χ1v) is 7.25. The topological polar surface area (TPSA) is 63.8 Å². The number of nitrogens with zero attached hydrogens (tertiary/aromatic N) is 3. The van der Waals surface area contributed by atoms with Gasteiger partial charge in [0, 0.05) is 10.3 Å². The van der Waals surface area contributed by atoms with Crippen molar-refractivity contribution in [3.05, 3.63) is 21.5 Å². The zero-order valence-corrected chi connectivity index (χ0v) is 12.9. The Hall–Kier alpha value is -1.43. The van der Waals surface area contributed by atoms with Crippen LogP contribution in [-0.4, -0.2) is 15.2 Å². The highest BCUT2D eigenvalue weighted by Crippen LogP contribution is 2.23. The van der Waals surface area contributed by atoms with Gasteiger partial charge in [-0.1, -0.05) is 32.8 Å². The third-order valence-electron chi connectivity index (χ3n) is 2.69. The van der Waals surface area contributed by atoms with Crippen molar-refractivity contribution in [3.63, 3.8) is 0 Å². The first-order valence-electron chi connectivity index (χ1n) is 6.43. The van der Waals surface area contributed by atoms with Gasteiger partial charge in [-0.05, 0) is 13.3 Å². The SMILES string of the molecule is CCc1nc(C)sc1CNc1nnc(C(C)(C)C)o1. The number of hydrogen-bond donors (Lipinski definition) is 1. The Morgan fingerprint density at radius 1 is 1.26 bits per heavy atom. The third-order valence-corrected chi connectivity index (χ3v) is 3.70. The second-order valence-corrected chi connectivity index (χ2v) is 6.76. The van der Waals surface area contributed by atoms with E-state index in [0.717, 1.165) is 17.1 Å². The van der Waals surface area contributed by atoms with E-state index in [0.29, 0.717) is 18.5 Å². The summed E-state index contributed by atoms with van der Waals surface area (Å²) < 4.78 is 5.60. The van der Waals surface area contributed by atoms with Crippen LogP contribution in [-0.2, 0) is 18.4 Å². The highest BCUT2D eigenvalue weighted by molar-refractivity contribution is 7.11. The van der Waals surface area contributed by atoms with Crippen LogP contribution in [0.2, 0.25) is 0 Å². The summed E-state index contributed by atoms with van der Waals surface area (Å²) in [4.78, 5) is 5.73. The highest BCUT2D eigenvalue weighted by atomic mass is 32.1. The number of thiazole rings is 1. The Kier molecular flexibility index (Phi) is 3.89. The zero-order chi connectivity index (χ0) is 14.0. The van der Waals surface area contributed by atoms with E-state index in [1.54, 1.807) is 11.3 Å². The summed E-state index contributed by atoms with van der Waals surface area (Å²) in [6.07, 6.45) is 0.943. The summed E-state index contributed by atoms with van der Waals surface area (Å²) in [5, 5.41) is 12.3. The molecule has 2 aromatic heterocycles. The van der Waals surface area contributed by atoms with Gasteiger partial charge in [-0.2, -0.15) is 0 Å². The van der Waals surface area contributed by atoms with Crippen molar-refractivity contribution < 1.29 is 4.42 Å². The lowest BCUT2D eigenvalue weighted by molar-refractivity contribution is 0.399. The molecular weight excluding hydrogens is 260 g/mol. The van der Waals surface area contributed by atoms with Crippen LogP contribution in [0.15, 0.2) is 4.42 Å². The summed E-state index contributed by atoms with van der Waals surface area (Å²) in [7, 11) is 0. The van der Waals surface area contributed by atoms with Gasteiger partial charge < -0.3 is 9.73 Å². The van der Waals surface area contributed by atoms with Gasteiger partial charge in [0.05, 0.1) is 17.2 Å². The van der Waals surface area contributed by atoms with Gasteiger partial charge in [0.25, 0.3) is 0 Å². The molecule has 2 heterocycles. The molecule has 19 heavy (non-hydrogen) atoms. The van der Waals surface area contributed by atoms with E-state index in [1.807, 2.05) is 27.7 Å². The molecule has 6 heteroatoms. The first-order chi connectivity index (χ1) is 8.90. The van der Waals surface area contributed by atoms with Gasteiger partial charge in [0.15, 0.2) is 0 Å². The Bertz CT molecular complexity index is 553. The normalized spacial score (nSPS) is 11.8. The van der Waals surface area contributed by atoms with Crippen LogP contribution < -0.4 is 5.32 Å². The van der Waals surface area contributed by atoms with Crippen LogP contribution in [0.25, 0.3) is 0 Å². The second-order valence-electron chi connectivity index (χ2n) is 5.47. The van der Waals surface area contributed by atoms with Crippen molar-refractivity contribution in [3.8, 4) is 0 Å². The summed E-state index contributed by atoms with van der Waals surface area (Å²) >= 11 is 1.71. The van der Waals surface area contributed by atoms with Gasteiger partial charge >= 0.3 is 6.01 Å². The molecule has 5 nitrogen and oxygen atoms in total. The lowest BCUT2D eigenvalue weighted by atomic mass is 9.97. The quantitative estimate of drug-likeness (QED) is 0.931.